The van der Waals surface area contributed by atoms with Gasteiger partial charge in [0.05, 0.1) is 25.6 Å². The first-order chi connectivity index (χ1) is 11.9. The van der Waals surface area contributed by atoms with Gasteiger partial charge in [0.15, 0.2) is 23.0 Å². The molecule has 0 saturated heterocycles. The van der Waals surface area contributed by atoms with Gasteiger partial charge in [0.1, 0.15) is 0 Å². The summed E-state index contributed by atoms with van der Waals surface area (Å²) in [5.41, 5.74) is 0.00658. The van der Waals surface area contributed by atoms with E-state index >= 15 is 0 Å². The molecule has 0 aliphatic heterocycles. The van der Waals surface area contributed by atoms with Crippen molar-refractivity contribution in [2.75, 3.05) is 14.2 Å². The average molecular weight is 342 g/mol. The summed E-state index contributed by atoms with van der Waals surface area (Å²) >= 11 is 0. The molecule has 3 rings (SSSR count). The SMILES string of the molecule is C=CC[C@@]12C=C(OC)C(=O)[C@@H](C1=O)[C@H](c1ccc(O)c(OC)c1)[C@H]2C. The molecule has 0 unspecified atom stereocenters. The smallest absolute Gasteiger partial charge is 0.208 e. The summed E-state index contributed by atoms with van der Waals surface area (Å²) in [7, 11) is 2.92. The van der Waals surface area contributed by atoms with Crippen LogP contribution in [-0.4, -0.2) is 30.9 Å². The molecule has 0 spiro atoms. The number of rotatable bonds is 5. The maximum atomic E-state index is 13.1. The lowest BCUT2D eigenvalue weighted by Crippen LogP contribution is -2.38. The summed E-state index contributed by atoms with van der Waals surface area (Å²) in [4.78, 5) is 25.9. The Bertz CT molecular complexity index is 778. The van der Waals surface area contributed by atoms with E-state index in [1.54, 1.807) is 24.3 Å². The molecule has 25 heavy (non-hydrogen) atoms. The first-order valence-electron chi connectivity index (χ1n) is 8.24. The van der Waals surface area contributed by atoms with Crippen molar-refractivity contribution in [2.45, 2.75) is 19.3 Å². The molecule has 1 aromatic carbocycles. The number of allylic oxidation sites excluding steroid dienone is 3. The number of ketones is 2. The normalized spacial score (nSPS) is 30.8. The first-order valence-corrected chi connectivity index (χ1v) is 8.24. The highest BCUT2D eigenvalue weighted by atomic mass is 16.5. The van der Waals surface area contributed by atoms with Gasteiger partial charge in [0.25, 0.3) is 0 Å². The van der Waals surface area contributed by atoms with Crippen LogP contribution in [0.4, 0.5) is 0 Å². The van der Waals surface area contributed by atoms with Crippen LogP contribution in [0, 0.1) is 17.3 Å². The molecule has 4 atom stereocenters. The van der Waals surface area contributed by atoms with E-state index in [9.17, 15) is 14.7 Å². The lowest BCUT2D eigenvalue weighted by molar-refractivity contribution is -0.136. The van der Waals surface area contributed by atoms with Crippen LogP contribution in [0.5, 0.6) is 11.5 Å². The van der Waals surface area contributed by atoms with E-state index < -0.39 is 11.3 Å². The third-order valence-electron chi connectivity index (χ3n) is 5.66. The Hall–Kier alpha value is -2.56. The number of hydrogen-bond donors (Lipinski definition) is 1. The number of fused-ring (bicyclic) bond motifs is 2. The first kappa shape index (κ1) is 17.3. The Balaban J connectivity index is 2.16. The molecule has 0 aromatic heterocycles. The van der Waals surface area contributed by atoms with Crippen LogP contribution >= 0.6 is 0 Å². The lowest BCUT2D eigenvalue weighted by atomic mass is 9.71. The Morgan fingerprint density at radius 1 is 1.28 bits per heavy atom. The number of carbonyl (C=O) groups is 2. The number of aromatic hydroxyl groups is 1. The highest BCUT2D eigenvalue weighted by Crippen LogP contribution is 2.59. The second-order valence-electron chi connectivity index (χ2n) is 6.70. The second kappa shape index (κ2) is 6.06. The molecule has 2 aliphatic rings. The Morgan fingerprint density at radius 3 is 2.60 bits per heavy atom. The maximum Gasteiger partial charge on any atom is 0.208 e. The van der Waals surface area contributed by atoms with Crippen LogP contribution in [-0.2, 0) is 14.3 Å². The average Bonchev–Trinajstić information content (AvgIpc) is 2.75. The highest BCUT2D eigenvalue weighted by Gasteiger charge is 2.62. The molecule has 0 radical (unpaired) electrons. The molecule has 0 amide bonds. The topological polar surface area (TPSA) is 72.8 Å². The van der Waals surface area contributed by atoms with Gasteiger partial charge in [0, 0.05) is 5.92 Å². The van der Waals surface area contributed by atoms with E-state index in [-0.39, 0.29) is 34.9 Å². The minimum Gasteiger partial charge on any atom is -0.504 e. The van der Waals surface area contributed by atoms with Crippen molar-refractivity contribution in [1.29, 1.82) is 0 Å². The van der Waals surface area contributed by atoms with Gasteiger partial charge >= 0.3 is 0 Å². The van der Waals surface area contributed by atoms with Crippen LogP contribution in [0.3, 0.4) is 0 Å². The number of hydrogen-bond acceptors (Lipinski definition) is 5. The van der Waals surface area contributed by atoms with Gasteiger partial charge in [-0.1, -0.05) is 19.1 Å². The predicted molar refractivity (Wildman–Crippen MR) is 92.4 cm³/mol. The van der Waals surface area contributed by atoms with Gasteiger partial charge in [-0.15, -0.1) is 6.58 Å². The summed E-state index contributed by atoms with van der Waals surface area (Å²) < 4.78 is 10.4. The Morgan fingerprint density at radius 2 is 2.00 bits per heavy atom. The predicted octanol–water partition coefficient (Wildman–Crippen LogP) is 2.99. The summed E-state index contributed by atoms with van der Waals surface area (Å²) in [6.45, 7) is 5.76. The van der Waals surface area contributed by atoms with Crippen molar-refractivity contribution in [2.24, 2.45) is 17.3 Å². The minimum atomic E-state index is -0.790. The van der Waals surface area contributed by atoms with Crippen LogP contribution in [0.15, 0.2) is 42.7 Å². The molecule has 0 heterocycles. The number of carbonyl (C=O) groups excluding carboxylic acids is 2. The fourth-order valence-corrected chi connectivity index (χ4v) is 4.36. The van der Waals surface area contributed by atoms with Crippen molar-refractivity contribution in [1.82, 2.24) is 0 Å². The highest BCUT2D eigenvalue weighted by molar-refractivity contribution is 6.17. The van der Waals surface area contributed by atoms with Gasteiger partial charge < -0.3 is 14.6 Å². The second-order valence-corrected chi connectivity index (χ2v) is 6.70. The lowest BCUT2D eigenvalue weighted by Gasteiger charge is -2.31. The summed E-state index contributed by atoms with van der Waals surface area (Å²) in [6.07, 6.45) is 3.85. The molecule has 1 saturated carbocycles. The van der Waals surface area contributed by atoms with E-state index in [1.807, 2.05) is 6.92 Å². The number of ether oxygens (including phenoxy) is 2. The number of benzene rings is 1. The van der Waals surface area contributed by atoms with Crippen molar-refractivity contribution in [3.63, 3.8) is 0 Å². The van der Waals surface area contributed by atoms with Gasteiger partial charge in [-0.05, 0) is 36.1 Å². The van der Waals surface area contributed by atoms with Gasteiger partial charge in [-0.2, -0.15) is 0 Å². The quantitative estimate of drug-likeness (QED) is 0.658. The third-order valence-corrected chi connectivity index (χ3v) is 5.66. The monoisotopic (exact) mass is 342 g/mol. The molecular weight excluding hydrogens is 320 g/mol. The molecule has 132 valence electrons. The fraction of sp³-hybridized carbons (Fsp3) is 0.400. The Kier molecular flexibility index (Phi) is 4.19. The number of phenolic OH excluding ortho intramolecular Hbond substituents is 1. The number of methoxy groups -OCH3 is 2. The standard InChI is InChI=1S/C20H22O5/c1-5-8-20-10-15(25-4)18(22)17(19(20)23)16(11(20)2)12-6-7-13(21)14(9-12)24-3/h5-7,9-11,16-17,21H,1,8H2,2-4H3/t11-,16+,17+,20+/m1/s1. The van der Waals surface area contributed by atoms with E-state index in [0.717, 1.165) is 5.56 Å². The van der Waals surface area contributed by atoms with Crippen molar-refractivity contribution in [3.8, 4) is 11.5 Å². The van der Waals surface area contributed by atoms with Gasteiger partial charge in [-0.3, -0.25) is 9.59 Å². The summed E-state index contributed by atoms with van der Waals surface area (Å²) in [6, 6.07) is 4.98. The zero-order valence-electron chi connectivity index (χ0n) is 14.6. The minimum absolute atomic E-state index is 0.0223. The molecule has 5 nitrogen and oxygen atoms in total. The molecule has 1 aromatic rings. The van der Waals surface area contributed by atoms with E-state index in [4.69, 9.17) is 9.47 Å². The molecule has 5 heteroatoms. The van der Waals surface area contributed by atoms with Crippen molar-refractivity contribution < 1.29 is 24.2 Å². The van der Waals surface area contributed by atoms with E-state index in [1.165, 1.54) is 20.3 Å². The van der Waals surface area contributed by atoms with Crippen LogP contribution in [0.1, 0.15) is 24.8 Å². The zero-order valence-corrected chi connectivity index (χ0v) is 14.6. The van der Waals surface area contributed by atoms with Crippen LogP contribution in [0.25, 0.3) is 0 Å². The molecule has 1 fully saturated rings. The molecule has 2 bridgehead atoms. The van der Waals surface area contributed by atoms with E-state index in [2.05, 4.69) is 6.58 Å². The van der Waals surface area contributed by atoms with Crippen LogP contribution < -0.4 is 4.74 Å². The van der Waals surface area contributed by atoms with Crippen LogP contribution in [0.2, 0.25) is 0 Å². The largest absolute Gasteiger partial charge is 0.504 e. The molecule has 2 aliphatic carbocycles. The number of phenols is 1. The van der Waals surface area contributed by atoms with Crippen molar-refractivity contribution in [3.05, 3.63) is 48.3 Å². The summed E-state index contributed by atoms with van der Waals surface area (Å²) in [5, 5.41) is 9.85. The summed E-state index contributed by atoms with van der Waals surface area (Å²) in [5.74, 6) is -0.989. The molecular formula is C20H22O5. The van der Waals surface area contributed by atoms with Crippen molar-refractivity contribution >= 4 is 11.6 Å². The van der Waals surface area contributed by atoms with Gasteiger partial charge in [-0.25, -0.2) is 0 Å². The zero-order chi connectivity index (χ0) is 18.4. The maximum absolute atomic E-state index is 13.1. The number of Topliss-reactive ketones (excluding diaryl/α,β-unsaturated/α-hetero) is 2. The Labute approximate surface area is 146 Å². The van der Waals surface area contributed by atoms with Gasteiger partial charge in [0.2, 0.25) is 5.78 Å². The fourth-order valence-electron chi connectivity index (χ4n) is 4.36. The molecule has 1 N–H and O–H groups in total. The van der Waals surface area contributed by atoms with E-state index in [0.29, 0.717) is 12.2 Å². The third kappa shape index (κ3) is 2.29.